The van der Waals surface area contributed by atoms with E-state index in [0.717, 1.165) is 0 Å². The maximum Gasteiger partial charge on any atom is 0.166 e. The van der Waals surface area contributed by atoms with Crippen LogP contribution in [0.15, 0.2) is 5.16 Å². The number of halogens is 1. The van der Waals surface area contributed by atoms with Gasteiger partial charge in [-0.1, -0.05) is 5.16 Å². The van der Waals surface area contributed by atoms with Gasteiger partial charge in [0.25, 0.3) is 0 Å². The number of hydrogen-bond acceptors (Lipinski definition) is 2. The van der Waals surface area contributed by atoms with Crippen molar-refractivity contribution in [2.75, 3.05) is 0 Å². The number of rotatable bonds is 1. The largest absolute Gasteiger partial charge is 0.303 e. The Labute approximate surface area is 47.1 Å². The third-order valence-corrected chi connectivity index (χ3v) is 0.289. The molecule has 0 aromatic rings. The van der Waals surface area contributed by atoms with Gasteiger partial charge in [0, 0.05) is 6.21 Å². The summed E-state index contributed by atoms with van der Waals surface area (Å²) in [4.78, 5) is 4.15. The van der Waals surface area contributed by atoms with Crippen LogP contribution < -0.4 is 0 Å². The minimum absolute atomic E-state index is 1.22. The van der Waals surface area contributed by atoms with Crippen LogP contribution in [-0.2, 0) is 4.84 Å². The van der Waals surface area contributed by atoms with E-state index in [1.807, 2.05) is 11.5 Å². The van der Waals surface area contributed by atoms with Crippen LogP contribution in [0.1, 0.15) is 0 Å². The summed E-state index contributed by atoms with van der Waals surface area (Å²) in [6.45, 7) is 3.23. The molecule has 0 saturated carbocycles. The second-order valence-electron chi connectivity index (χ2n) is 0.576. The molecule has 0 amide bonds. The highest BCUT2D eigenvalue weighted by Crippen LogP contribution is 1.68. The molecule has 37 valence electrons. The Morgan fingerprint density at radius 3 is 3.00 bits per heavy atom. The molecule has 0 rings (SSSR count). The quantitative estimate of drug-likeness (QED) is 0.284. The summed E-state index contributed by atoms with van der Waals surface area (Å²) in [6.07, 6.45) is 3.25. The fourth-order valence-corrected chi connectivity index (χ4v) is 0.115. The van der Waals surface area contributed by atoms with E-state index >= 15 is 0 Å². The molecule has 0 bridgehead atoms. The van der Waals surface area contributed by atoms with E-state index in [9.17, 15) is 0 Å². The van der Waals surface area contributed by atoms with Crippen LogP contribution >= 0.6 is 11.6 Å². The molecule has 3 heteroatoms. The first kappa shape index (κ1) is 6.32. The molecule has 0 N–H and O–H groups in total. The van der Waals surface area contributed by atoms with E-state index in [1.54, 1.807) is 0 Å². The van der Waals surface area contributed by atoms with Crippen molar-refractivity contribution in [2.24, 2.45) is 5.16 Å². The lowest BCUT2D eigenvalue weighted by atomic mass is 10.9. The molecule has 0 aromatic heterocycles. The van der Waals surface area contributed by atoms with Crippen molar-refractivity contribution in [3.63, 3.8) is 0 Å². The van der Waals surface area contributed by atoms with Crippen LogP contribution in [0.2, 0.25) is 0 Å². The van der Waals surface area contributed by atoms with Gasteiger partial charge in [-0.25, -0.2) is 0 Å². The molecular weight excluding hydrogens is 114 g/mol. The zero-order chi connectivity index (χ0) is 5.54. The fraction of sp³-hybridized carbons (Fsp3) is 0. The maximum absolute atomic E-state index is 4.86. The molecule has 0 aromatic carbocycles. The number of oxime groups is 1. The second-order valence-corrected chi connectivity index (χ2v) is 0.765. The molecule has 7 heavy (non-hydrogen) atoms. The lowest BCUT2D eigenvalue weighted by Crippen LogP contribution is -1.64. The highest BCUT2D eigenvalue weighted by molar-refractivity contribution is 6.30. The monoisotopic (exact) mass is 116 g/mol. The molecule has 0 aliphatic carbocycles. The Morgan fingerprint density at radius 1 is 1.86 bits per heavy atom. The number of hydrogen-bond donors (Lipinski definition) is 0. The molecule has 2 nitrogen and oxygen atoms in total. The summed E-state index contributed by atoms with van der Waals surface area (Å²) in [6, 6.07) is 0. The van der Waals surface area contributed by atoms with E-state index in [-0.39, 0.29) is 0 Å². The van der Waals surface area contributed by atoms with Gasteiger partial charge in [0.2, 0.25) is 0 Å². The zero-order valence-corrected chi connectivity index (χ0v) is 4.27. The fourth-order valence-electron chi connectivity index (χ4n) is 0.0809. The van der Waals surface area contributed by atoms with Crippen molar-refractivity contribution in [3.05, 3.63) is 6.92 Å². The third kappa shape index (κ3) is 5.32. The lowest BCUT2D eigenvalue weighted by molar-refractivity contribution is 0.302. The van der Waals surface area contributed by atoms with Crippen LogP contribution in [0, 0.1) is 18.4 Å². The first-order chi connectivity index (χ1) is 3.41. The van der Waals surface area contributed by atoms with Gasteiger partial charge in [-0.15, -0.1) is 0 Å². The summed E-state index contributed by atoms with van der Waals surface area (Å²) < 4.78 is 0. The molecule has 0 saturated heterocycles. The van der Waals surface area contributed by atoms with Gasteiger partial charge in [0.05, 0.1) is 5.38 Å². The molecule has 0 aliphatic rings. The zero-order valence-electron chi connectivity index (χ0n) is 3.52. The Kier molecular flexibility index (Phi) is 4.80. The van der Waals surface area contributed by atoms with Crippen LogP contribution in [0.3, 0.4) is 0 Å². The Bertz CT molecular complexity index is 111. The SMILES string of the molecule is [CH2]C=NOC#CCl. The Hall–Kier alpha value is -0.680. The van der Waals surface area contributed by atoms with E-state index in [2.05, 4.69) is 16.9 Å². The van der Waals surface area contributed by atoms with Gasteiger partial charge in [-0.05, 0) is 18.5 Å². The standard InChI is InChI=1S/C4H3ClNO/c1-2-6-7-4-3-5/h2H,1H2. The van der Waals surface area contributed by atoms with Crippen molar-refractivity contribution < 1.29 is 4.84 Å². The lowest BCUT2D eigenvalue weighted by Gasteiger charge is -1.73. The van der Waals surface area contributed by atoms with Gasteiger partial charge >= 0.3 is 0 Å². The average molecular weight is 117 g/mol. The molecule has 0 spiro atoms. The average Bonchev–Trinajstić information content (AvgIpc) is 1.69. The normalized spacial score (nSPS) is 7.71. The first-order valence-corrected chi connectivity index (χ1v) is 1.87. The highest BCUT2D eigenvalue weighted by atomic mass is 35.5. The predicted octanol–water partition coefficient (Wildman–Crippen LogP) is 0.980. The topological polar surface area (TPSA) is 21.6 Å². The Balaban J connectivity index is 3.09. The third-order valence-electron chi connectivity index (χ3n) is 0.211. The summed E-state index contributed by atoms with van der Waals surface area (Å²) >= 11 is 4.86. The summed E-state index contributed by atoms with van der Waals surface area (Å²) in [7, 11) is 0. The molecule has 0 heterocycles. The molecule has 0 unspecified atom stereocenters. The first-order valence-electron chi connectivity index (χ1n) is 1.49. The van der Waals surface area contributed by atoms with E-state index in [4.69, 9.17) is 11.6 Å². The van der Waals surface area contributed by atoms with Gasteiger partial charge < -0.3 is 4.84 Å². The van der Waals surface area contributed by atoms with Crippen molar-refractivity contribution >= 4 is 17.8 Å². The van der Waals surface area contributed by atoms with Gasteiger partial charge in [-0.3, -0.25) is 0 Å². The second kappa shape index (κ2) is 5.32. The minimum Gasteiger partial charge on any atom is -0.303 e. The van der Waals surface area contributed by atoms with E-state index in [0.29, 0.717) is 0 Å². The van der Waals surface area contributed by atoms with Crippen molar-refractivity contribution in [1.29, 1.82) is 0 Å². The van der Waals surface area contributed by atoms with Crippen molar-refractivity contribution in [1.82, 2.24) is 0 Å². The van der Waals surface area contributed by atoms with Crippen LogP contribution in [0.25, 0.3) is 0 Å². The summed E-state index contributed by atoms with van der Waals surface area (Å²) in [5.41, 5.74) is 0. The molecule has 0 aliphatic heterocycles. The smallest absolute Gasteiger partial charge is 0.166 e. The highest BCUT2D eigenvalue weighted by Gasteiger charge is 1.58. The van der Waals surface area contributed by atoms with E-state index in [1.165, 1.54) is 6.21 Å². The maximum atomic E-state index is 4.86. The van der Waals surface area contributed by atoms with Crippen LogP contribution in [-0.4, -0.2) is 6.21 Å². The molecule has 0 fully saturated rings. The minimum atomic E-state index is 1.22. The van der Waals surface area contributed by atoms with Gasteiger partial charge in [0.15, 0.2) is 6.11 Å². The molecular formula is C4H3ClNO. The van der Waals surface area contributed by atoms with Crippen molar-refractivity contribution in [2.45, 2.75) is 0 Å². The van der Waals surface area contributed by atoms with E-state index < -0.39 is 0 Å². The Morgan fingerprint density at radius 2 is 2.57 bits per heavy atom. The predicted molar refractivity (Wildman–Crippen MR) is 28.6 cm³/mol. The van der Waals surface area contributed by atoms with Gasteiger partial charge in [-0.2, -0.15) is 0 Å². The molecule has 1 radical (unpaired) electrons. The van der Waals surface area contributed by atoms with Crippen LogP contribution in [0.4, 0.5) is 0 Å². The number of nitrogens with zero attached hydrogens (tertiary/aromatic N) is 1. The van der Waals surface area contributed by atoms with Crippen molar-refractivity contribution in [3.8, 4) is 11.5 Å². The molecule has 0 atom stereocenters. The summed E-state index contributed by atoms with van der Waals surface area (Å²) in [5, 5.41) is 5.13. The summed E-state index contributed by atoms with van der Waals surface area (Å²) in [5.74, 6) is 0. The van der Waals surface area contributed by atoms with Crippen LogP contribution in [0.5, 0.6) is 0 Å². The van der Waals surface area contributed by atoms with Gasteiger partial charge in [0.1, 0.15) is 0 Å².